The van der Waals surface area contributed by atoms with Crippen LogP contribution < -0.4 is 17.2 Å². The topological polar surface area (TPSA) is 166 Å². The highest BCUT2D eigenvalue weighted by Crippen LogP contribution is 2.18. The number of carbonyl (C=O) groups excluding carboxylic acids is 2. The fraction of sp³-hybridized carbons (Fsp3) is 0.333. The Morgan fingerprint density at radius 1 is 1.17 bits per heavy atom. The van der Waals surface area contributed by atoms with Gasteiger partial charge in [-0.1, -0.05) is 0 Å². The largest absolute Gasteiger partial charge is 0.467 e. The minimum atomic E-state index is -1.04. The molecule has 9 heteroatoms. The lowest BCUT2D eigenvalue weighted by Gasteiger charge is -2.13. The van der Waals surface area contributed by atoms with Crippen molar-refractivity contribution >= 4 is 23.0 Å². The Balaban J connectivity index is 0.000000240. The SMILES string of the molecule is CC(=O)[C@@H](N)[C@@H](O)c1ccco1.NC(=O)C(N)C(O)c1ccsc1. The van der Waals surface area contributed by atoms with Gasteiger partial charge in [-0.3, -0.25) is 9.59 Å². The van der Waals surface area contributed by atoms with E-state index < -0.39 is 30.2 Å². The summed E-state index contributed by atoms with van der Waals surface area (Å²) in [6, 6.07) is 2.98. The molecule has 0 radical (unpaired) electrons. The second-order valence-electron chi connectivity index (χ2n) is 5.03. The summed E-state index contributed by atoms with van der Waals surface area (Å²) in [6.45, 7) is 1.33. The highest BCUT2D eigenvalue weighted by molar-refractivity contribution is 7.07. The number of rotatable bonds is 6. The van der Waals surface area contributed by atoms with Crippen molar-refractivity contribution in [1.82, 2.24) is 0 Å². The second kappa shape index (κ2) is 9.30. The van der Waals surface area contributed by atoms with E-state index in [4.69, 9.17) is 21.6 Å². The molecule has 8 N–H and O–H groups in total. The molecule has 2 unspecified atom stereocenters. The first-order valence-corrected chi connectivity index (χ1v) is 7.92. The normalized spacial score (nSPS) is 15.5. The molecule has 0 saturated carbocycles. The zero-order valence-corrected chi connectivity index (χ0v) is 13.8. The van der Waals surface area contributed by atoms with Crippen molar-refractivity contribution in [1.29, 1.82) is 0 Å². The molecule has 0 saturated heterocycles. The minimum absolute atomic E-state index is 0.265. The molecule has 8 nitrogen and oxygen atoms in total. The highest BCUT2D eigenvalue weighted by atomic mass is 32.1. The maximum atomic E-state index is 10.8. The standard InChI is InChI=1S/C8H11NO3.C7H10N2O2S/c1-5(10)7(9)8(11)6-3-2-4-12-6;8-5(7(9)11)6(10)4-1-2-12-3-4/h2-4,7-8,11H,9H2,1H3;1-3,5-6,10H,8H2,(H2,9,11)/t7-,8+;/m1./s1. The Labute approximate surface area is 142 Å². The number of nitrogens with two attached hydrogens (primary N) is 3. The van der Waals surface area contributed by atoms with Crippen LogP contribution in [0.4, 0.5) is 0 Å². The molecule has 2 aromatic rings. The van der Waals surface area contributed by atoms with Gasteiger partial charge in [-0.25, -0.2) is 0 Å². The van der Waals surface area contributed by atoms with E-state index >= 15 is 0 Å². The Bertz CT molecular complexity index is 573. The van der Waals surface area contributed by atoms with Crippen LogP contribution in [0.5, 0.6) is 0 Å². The van der Waals surface area contributed by atoms with Crippen molar-refractivity contribution < 1.29 is 24.2 Å². The van der Waals surface area contributed by atoms with Gasteiger partial charge in [0.1, 0.15) is 29.8 Å². The number of carbonyl (C=O) groups is 2. The summed E-state index contributed by atoms with van der Waals surface area (Å²) in [6.07, 6.45) is -0.614. The average molecular weight is 355 g/mol. The minimum Gasteiger partial charge on any atom is -0.467 e. The summed E-state index contributed by atoms with van der Waals surface area (Å²) in [5, 5.41) is 22.4. The Kier molecular flexibility index (Phi) is 7.75. The van der Waals surface area contributed by atoms with Gasteiger partial charge in [0.15, 0.2) is 0 Å². The van der Waals surface area contributed by atoms with E-state index in [-0.39, 0.29) is 5.78 Å². The molecule has 2 rings (SSSR count). The predicted molar refractivity (Wildman–Crippen MR) is 88.8 cm³/mol. The zero-order valence-electron chi connectivity index (χ0n) is 13.0. The molecule has 0 bridgehead atoms. The second-order valence-corrected chi connectivity index (χ2v) is 5.81. The molecular weight excluding hydrogens is 334 g/mol. The summed E-state index contributed by atoms with van der Waals surface area (Å²) in [5.41, 5.74) is 16.3. The summed E-state index contributed by atoms with van der Waals surface area (Å²) in [5.74, 6) is -0.648. The third-order valence-corrected chi connectivity index (χ3v) is 3.90. The summed E-state index contributed by atoms with van der Waals surface area (Å²) >= 11 is 1.43. The van der Waals surface area contributed by atoms with Crippen LogP contribution in [-0.4, -0.2) is 34.0 Å². The van der Waals surface area contributed by atoms with Gasteiger partial charge in [-0.2, -0.15) is 11.3 Å². The van der Waals surface area contributed by atoms with Crippen LogP contribution in [0.15, 0.2) is 39.6 Å². The first kappa shape index (κ1) is 20.0. The van der Waals surface area contributed by atoms with Gasteiger partial charge in [0.25, 0.3) is 0 Å². The molecule has 2 heterocycles. The van der Waals surface area contributed by atoms with E-state index in [0.717, 1.165) is 0 Å². The van der Waals surface area contributed by atoms with Crippen LogP contribution in [0.3, 0.4) is 0 Å². The van der Waals surface area contributed by atoms with Crippen molar-refractivity contribution in [3.05, 3.63) is 46.5 Å². The first-order chi connectivity index (χ1) is 11.3. The van der Waals surface area contributed by atoms with Gasteiger partial charge in [0.2, 0.25) is 5.91 Å². The lowest BCUT2D eigenvalue weighted by atomic mass is 10.1. The van der Waals surface area contributed by atoms with Crippen LogP contribution in [-0.2, 0) is 9.59 Å². The van der Waals surface area contributed by atoms with Crippen molar-refractivity contribution in [2.75, 3.05) is 0 Å². The summed E-state index contributed by atoms with van der Waals surface area (Å²) in [4.78, 5) is 21.3. The molecule has 0 aliphatic carbocycles. The van der Waals surface area contributed by atoms with E-state index in [0.29, 0.717) is 11.3 Å². The van der Waals surface area contributed by atoms with Crippen LogP contribution in [0.25, 0.3) is 0 Å². The van der Waals surface area contributed by atoms with E-state index in [2.05, 4.69) is 0 Å². The fourth-order valence-corrected chi connectivity index (χ4v) is 2.35. The van der Waals surface area contributed by atoms with Gasteiger partial charge >= 0.3 is 0 Å². The van der Waals surface area contributed by atoms with Gasteiger partial charge in [-0.15, -0.1) is 0 Å². The van der Waals surface area contributed by atoms with Crippen LogP contribution in [0, 0.1) is 0 Å². The van der Waals surface area contributed by atoms with Gasteiger partial charge < -0.3 is 31.8 Å². The maximum absolute atomic E-state index is 10.8. The maximum Gasteiger partial charge on any atom is 0.237 e. The molecule has 0 aromatic carbocycles. The number of Topliss-reactive ketones (excluding diaryl/α,β-unsaturated/α-hetero) is 1. The number of hydrogen-bond donors (Lipinski definition) is 5. The number of amides is 1. The smallest absolute Gasteiger partial charge is 0.237 e. The van der Waals surface area contributed by atoms with Crippen LogP contribution in [0.1, 0.15) is 30.5 Å². The van der Waals surface area contributed by atoms with Crippen molar-refractivity contribution in [3.8, 4) is 0 Å². The number of aliphatic hydroxyl groups excluding tert-OH is 2. The van der Waals surface area contributed by atoms with Gasteiger partial charge in [0.05, 0.1) is 12.3 Å². The molecule has 0 spiro atoms. The molecule has 2 aromatic heterocycles. The molecule has 0 aliphatic heterocycles. The lowest BCUT2D eigenvalue weighted by Crippen LogP contribution is -2.41. The number of hydrogen-bond acceptors (Lipinski definition) is 8. The number of thiophene rings is 1. The predicted octanol–water partition coefficient (Wildman–Crippen LogP) is -0.177. The van der Waals surface area contributed by atoms with Gasteiger partial charge in [0, 0.05) is 0 Å². The summed E-state index contributed by atoms with van der Waals surface area (Å²) < 4.78 is 4.88. The molecule has 0 fully saturated rings. The average Bonchev–Trinajstić information content (AvgIpc) is 3.25. The number of aliphatic hydroxyl groups is 2. The highest BCUT2D eigenvalue weighted by Gasteiger charge is 2.23. The Hall–Kier alpha value is -2.04. The number of furan rings is 1. The van der Waals surface area contributed by atoms with Crippen molar-refractivity contribution in [2.24, 2.45) is 17.2 Å². The molecule has 0 aliphatic rings. The Morgan fingerprint density at radius 3 is 2.25 bits per heavy atom. The van der Waals surface area contributed by atoms with Crippen molar-refractivity contribution in [3.63, 3.8) is 0 Å². The molecule has 132 valence electrons. The zero-order chi connectivity index (χ0) is 18.3. The lowest BCUT2D eigenvalue weighted by molar-refractivity contribution is -0.122. The molecule has 1 amide bonds. The molecular formula is C15H21N3O5S. The van der Waals surface area contributed by atoms with E-state index in [1.165, 1.54) is 24.5 Å². The van der Waals surface area contributed by atoms with E-state index in [1.54, 1.807) is 29.0 Å². The van der Waals surface area contributed by atoms with E-state index in [1.807, 2.05) is 0 Å². The number of ketones is 1. The number of primary amides is 1. The Morgan fingerprint density at radius 2 is 1.83 bits per heavy atom. The third kappa shape index (κ3) is 5.55. The molecule has 24 heavy (non-hydrogen) atoms. The van der Waals surface area contributed by atoms with Crippen molar-refractivity contribution in [2.45, 2.75) is 31.2 Å². The quantitative estimate of drug-likeness (QED) is 0.479. The van der Waals surface area contributed by atoms with Crippen LogP contribution >= 0.6 is 11.3 Å². The summed E-state index contributed by atoms with van der Waals surface area (Å²) in [7, 11) is 0. The monoisotopic (exact) mass is 355 g/mol. The van der Waals surface area contributed by atoms with Crippen LogP contribution in [0.2, 0.25) is 0 Å². The van der Waals surface area contributed by atoms with E-state index in [9.17, 15) is 19.8 Å². The first-order valence-electron chi connectivity index (χ1n) is 6.98. The van der Waals surface area contributed by atoms with Gasteiger partial charge in [-0.05, 0) is 41.4 Å². The molecule has 4 atom stereocenters. The third-order valence-electron chi connectivity index (χ3n) is 3.20. The fourth-order valence-electron chi connectivity index (χ4n) is 1.67.